The van der Waals surface area contributed by atoms with Crippen molar-refractivity contribution in [3.05, 3.63) is 52.5 Å². The van der Waals surface area contributed by atoms with Gasteiger partial charge < -0.3 is 9.88 Å². The van der Waals surface area contributed by atoms with Crippen LogP contribution in [0.3, 0.4) is 0 Å². The van der Waals surface area contributed by atoms with Gasteiger partial charge in [0, 0.05) is 18.0 Å². The Labute approximate surface area is 114 Å². The molecule has 0 atom stereocenters. The number of hydrogen-bond acceptors (Lipinski definition) is 3. The maximum atomic E-state index is 11.9. The molecule has 0 aliphatic rings. The average molecular weight is 271 g/mol. The lowest BCUT2D eigenvalue weighted by molar-refractivity contribution is 0.0950. The van der Waals surface area contributed by atoms with Crippen molar-refractivity contribution in [3.63, 3.8) is 0 Å². The van der Waals surface area contributed by atoms with Crippen LogP contribution in [-0.2, 0) is 13.6 Å². The molecule has 2 aromatic heterocycles. The lowest BCUT2D eigenvalue weighted by Crippen LogP contribution is -2.23. The molecular formula is C14H13N3OS. The summed E-state index contributed by atoms with van der Waals surface area (Å²) >= 11 is 1.51. The zero-order valence-corrected chi connectivity index (χ0v) is 11.3. The molecule has 3 aromatic rings. The van der Waals surface area contributed by atoms with E-state index in [0.29, 0.717) is 12.1 Å². The number of rotatable bonds is 3. The molecule has 5 heteroatoms. The standard InChI is InChI=1S/C14H13N3OS/c1-17-12-5-3-2-4-11(12)16-13(17)8-15-14(18)10-6-7-19-9-10/h2-7,9H,8H2,1H3,(H,15,18). The van der Waals surface area contributed by atoms with E-state index in [0.717, 1.165) is 16.9 Å². The average Bonchev–Trinajstić information content (AvgIpc) is 3.05. The Morgan fingerprint density at radius 3 is 2.95 bits per heavy atom. The summed E-state index contributed by atoms with van der Waals surface area (Å²) in [6.07, 6.45) is 0. The van der Waals surface area contributed by atoms with E-state index in [1.165, 1.54) is 11.3 Å². The minimum absolute atomic E-state index is 0.0618. The SMILES string of the molecule is Cn1c(CNC(=O)c2ccsc2)nc2ccccc21. The number of imidazole rings is 1. The molecule has 0 fully saturated rings. The molecule has 0 radical (unpaired) electrons. The first-order valence-electron chi connectivity index (χ1n) is 5.96. The van der Waals surface area contributed by atoms with Crippen molar-refractivity contribution < 1.29 is 4.79 Å². The first-order chi connectivity index (χ1) is 9.25. The highest BCUT2D eigenvalue weighted by molar-refractivity contribution is 7.08. The summed E-state index contributed by atoms with van der Waals surface area (Å²) in [4.78, 5) is 16.4. The van der Waals surface area contributed by atoms with Crippen LogP contribution in [0, 0.1) is 0 Å². The molecule has 19 heavy (non-hydrogen) atoms. The van der Waals surface area contributed by atoms with E-state index >= 15 is 0 Å². The highest BCUT2D eigenvalue weighted by Gasteiger charge is 2.09. The Morgan fingerprint density at radius 2 is 2.21 bits per heavy atom. The number of carbonyl (C=O) groups excluding carboxylic acids is 1. The van der Waals surface area contributed by atoms with Crippen LogP contribution in [0.2, 0.25) is 0 Å². The summed E-state index contributed by atoms with van der Waals surface area (Å²) in [5.41, 5.74) is 2.72. The number of carbonyl (C=O) groups is 1. The second kappa shape index (κ2) is 4.85. The lowest BCUT2D eigenvalue weighted by Gasteiger charge is -2.04. The van der Waals surface area contributed by atoms with Gasteiger partial charge in [0.2, 0.25) is 0 Å². The topological polar surface area (TPSA) is 46.9 Å². The number of amides is 1. The van der Waals surface area contributed by atoms with Crippen LogP contribution in [0.15, 0.2) is 41.1 Å². The van der Waals surface area contributed by atoms with E-state index in [4.69, 9.17) is 0 Å². The quantitative estimate of drug-likeness (QED) is 0.796. The highest BCUT2D eigenvalue weighted by atomic mass is 32.1. The summed E-state index contributed by atoms with van der Waals surface area (Å²) < 4.78 is 2.00. The Balaban J connectivity index is 1.79. The van der Waals surface area contributed by atoms with Crippen molar-refractivity contribution in [1.29, 1.82) is 0 Å². The van der Waals surface area contributed by atoms with Crippen LogP contribution in [0.5, 0.6) is 0 Å². The fourth-order valence-electron chi connectivity index (χ4n) is 2.01. The third-order valence-corrected chi connectivity index (χ3v) is 3.75. The van der Waals surface area contributed by atoms with E-state index in [1.807, 2.05) is 52.7 Å². The molecule has 1 amide bonds. The predicted octanol–water partition coefficient (Wildman–Crippen LogP) is 2.56. The van der Waals surface area contributed by atoms with Gasteiger partial charge in [-0.3, -0.25) is 4.79 Å². The second-order valence-corrected chi connectivity index (χ2v) is 5.05. The molecule has 0 bridgehead atoms. The minimum Gasteiger partial charge on any atom is -0.345 e. The first-order valence-corrected chi connectivity index (χ1v) is 6.91. The zero-order chi connectivity index (χ0) is 13.2. The summed E-state index contributed by atoms with van der Waals surface area (Å²) in [5.74, 6) is 0.790. The Kier molecular flexibility index (Phi) is 3.05. The fraction of sp³-hybridized carbons (Fsp3) is 0.143. The van der Waals surface area contributed by atoms with Crippen LogP contribution in [0.1, 0.15) is 16.2 Å². The highest BCUT2D eigenvalue weighted by Crippen LogP contribution is 2.14. The number of aryl methyl sites for hydroxylation is 1. The van der Waals surface area contributed by atoms with Gasteiger partial charge in [0.1, 0.15) is 5.82 Å². The number of para-hydroxylation sites is 2. The number of nitrogens with zero attached hydrogens (tertiary/aromatic N) is 2. The largest absolute Gasteiger partial charge is 0.345 e. The van der Waals surface area contributed by atoms with Crippen molar-refractivity contribution >= 4 is 28.3 Å². The molecule has 0 saturated heterocycles. The molecule has 0 spiro atoms. The Bertz CT molecular complexity index is 715. The van der Waals surface area contributed by atoms with Crippen molar-refractivity contribution in [2.75, 3.05) is 0 Å². The van der Waals surface area contributed by atoms with Gasteiger partial charge >= 0.3 is 0 Å². The molecular weight excluding hydrogens is 258 g/mol. The van der Waals surface area contributed by atoms with E-state index in [9.17, 15) is 4.79 Å². The van der Waals surface area contributed by atoms with Gasteiger partial charge in [-0.2, -0.15) is 11.3 Å². The van der Waals surface area contributed by atoms with E-state index in [2.05, 4.69) is 10.3 Å². The van der Waals surface area contributed by atoms with Crippen molar-refractivity contribution in [2.45, 2.75) is 6.54 Å². The van der Waals surface area contributed by atoms with Gasteiger partial charge in [0.05, 0.1) is 17.6 Å². The van der Waals surface area contributed by atoms with Gasteiger partial charge in [0.15, 0.2) is 0 Å². The third kappa shape index (κ3) is 2.24. The molecule has 1 N–H and O–H groups in total. The van der Waals surface area contributed by atoms with E-state index in [1.54, 1.807) is 0 Å². The molecule has 0 saturated carbocycles. The Morgan fingerprint density at radius 1 is 1.37 bits per heavy atom. The molecule has 0 aliphatic heterocycles. The van der Waals surface area contributed by atoms with Gasteiger partial charge in [-0.1, -0.05) is 12.1 Å². The number of hydrogen-bond donors (Lipinski definition) is 1. The van der Waals surface area contributed by atoms with Crippen molar-refractivity contribution in [2.24, 2.45) is 7.05 Å². The predicted molar refractivity (Wildman–Crippen MR) is 76.2 cm³/mol. The van der Waals surface area contributed by atoms with Gasteiger partial charge in [-0.15, -0.1) is 0 Å². The molecule has 4 nitrogen and oxygen atoms in total. The maximum Gasteiger partial charge on any atom is 0.252 e. The summed E-state index contributed by atoms with van der Waals surface area (Å²) in [7, 11) is 1.96. The number of thiophene rings is 1. The third-order valence-electron chi connectivity index (χ3n) is 3.07. The van der Waals surface area contributed by atoms with Crippen molar-refractivity contribution in [3.8, 4) is 0 Å². The molecule has 96 valence electrons. The van der Waals surface area contributed by atoms with E-state index in [-0.39, 0.29) is 5.91 Å². The molecule has 2 heterocycles. The molecule has 1 aromatic carbocycles. The van der Waals surface area contributed by atoms with Gasteiger partial charge in [-0.25, -0.2) is 4.98 Å². The smallest absolute Gasteiger partial charge is 0.252 e. The number of aromatic nitrogens is 2. The summed E-state index contributed by atoms with van der Waals surface area (Å²) in [6, 6.07) is 9.75. The number of fused-ring (bicyclic) bond motifs is 1. The monoisotopic (exact) mass is 271 g/mol. The van der Waals surface area contributed by atoms with Crippen LogP contribution in [0.4, 0.5) is 0 Å². The minimum atomic E-state index is -0.0618. The molecule has 0 unspecified atom stereocenters. The first kappa shape index (κ1) is 11.9. The van der Waals surface area contributed by atoms with E-state index < -0.39 is 0 Å². The maximum absolute atomic E-state index is 11.9. The Hall–Kier alpha value is -2.14. The fourth-order valence-corrected chi connectivity index (χ4v) is 2.64. The van der Waals surface area contributed by atoms with Crippen LogP contribution >= 0.6 is 11.3 Å². The van der Waals surface area contributed by atoms with Crippen LogP contribution in [0.25, 0.3) is 11.0 Å². The van der Waals surface area contributed by atoms with Gasteiger partial charge in [0.25, 0.3) is 5.91 Å². The molecule has 3 rings (SSSR count). The zero-order valence-electron chi connectivity index (χ0n) is 10.5. The second-order valence-electron chi connectivity index (χ2n) is 4.27. The normalized spacial score (nSPS) is 10.8. The lowest BCUT2D eigenvalue weighted by atomic mass is 10.3. The molecule has 0 aliphatic carbocycles. The van der Waals surface area contributed by atoms with Crippen molar-refractivity contribution in [1.82, 2.24) is 14.9 Å². The van der Waals surface area contributed by atoms with Gasteiger partial charge in [-0.05, 0) is 23.6 Å². The van der Waals surface area contributed by atoms with Crippen LogP contribution < -0.4 is 5.32 Å². The number of nitrogens with one attached hydrogen (secondary N) is 1. The van der Waals surface area contributed by atoms with Crippen LogP contribution in [-0.4, -0.2) is 15.5 Å². The summed E-state index contributed by atoms with van der Waals surface area (Å²) in [5, 5.41) is 6.62. The summed E-state index contributed by atoms with van der Waals surface area (Å²) in [6.45, 7) is 0.430. The number of benzene rings is 1.